The van der Waals surface area contributed by atoms with Gasteiger partial charge in [-0.15, -0.1) is 0 Å². The predicted molar refractivity (Wildman–Crippen MR) is 58.9 cm³/mol. The summed E-state index contributed by atoms with van der Waals surface area (Å²) < 4.78 is 0. The fourth-order valence-electron chi connectivity index (χ4n) is 2.07. The number of hydrogen-bond acceptors (Lipinski definition) is 2. The minimum absolute atomic E-state index is 0.0857. The van der Waals surface area contributed by atoms with Crippen LogP contribution in [0.2, 0.25) is 0 Å². The van der Waals surface area contributed by atoms with Crippen molar-refractivity contribution >= 4 is 11.8 Å². The van der Waals surface area contributed by atoms with E-state index in [1.165, 1.54) is 0 Å². The Kier molecular flexibility index (Phi) is 2.94. The van der Waals surface area contributed by atoms with Gasteiger partial charge in [0.2, 0.25) is 5.91 Å². The van der Waals surface area contributed by atoms with Gasteiger partial charge in [0.1, 0.15) is 11.7 Å². The van der Waals surface area contributed by atoms with Crippen LogP contribution >= 0.6 is 0 Å². The first-order valence-electron chi connectivity index (χ1n) is 5.40. The molecule has 1 aliphatic rings. The molecule has 16 heavy (non-hydrogen) atoms. The highest BCUT2D eigenvalue weighted by molar-refractivity contribution is 5.96. The molecule has 1 aliphatic heterocycles. The smallest absolute Gasteiger partial charge is 0.270 e. The van der Waals surface area contributed by atoms with Crippen molar-refractivity contribution in [2.45, 2.75) is 18.9 Å². The number of likely N-dealkylation sites (tertiary alicyclic amines) is 1. The predicted octanol–water partition coefficient (Wildman–Crippen LogP) is 0.365. The Morgan fingerprint density at radius 2 is 2.38 bits per heavy atom. The van der Waals surface area contributed by atoms with Gasteiger partial charge in [0.05, 0.1) is 0 Å². The standard InChI is InChI=1S/C11H15N3O2/c1-12-10(15)9-5-3-7-14(9)11(16)8-4-2-6-13-8/h2,4,6,9,13H,3,5,7H2,1H3,(H,12,15). The molecule has 1 atom stereocenters. The normalized spacial score (nSPS) is 19.8. The maximum Gasteiger partial charge on any atom is 0.270 e. The first-order valence-corrected chi connectivity index (χ1v) is 5.40. The number of aromatic amines is 1. The van der Waals surface area contributed by atoms with E-state index in [0.717, 1.165) is 12.8 Å². The second kappa shape index (κ2) is 4.38. The van der Waals surface area contributed by atoms with Crippen molar-refractivity contribution in [3.8, 4) is 0 Å². The lowest BCUT2D eigenvalue weighted by atomic mass is 10.2. The Hall–Kier alpha value is -1.78. The molecule has 5 heteroatoms. The van der Waals surface area contributed by atoms with Crippen LogP contribution in [0.25, 0.3) is 0 Å². The van der Waals surface area contributed by atoms with E-state index in [1.54, 1.807) is 30.3 Å². The average Bonchev–Trinajstić information content (AvgIpc) is 2.97. The van der Waals surface area contributed by atoms with Crippen molar-refractivity contribution < 1.29 is 9.59 Å². The van der Waals surface area contributed by atoms with Gasteiger partial charge in [0.25, 0.3) is 5.91 Å². The third kappa shape index (κ3) is 1.80. The number of hydrogen-bond donors (Lipinski definition) is 2. The molecule has 0 bridgehead atoms. The largest absolute Gasteiger partial charge is 0.357 e. The van der Waals surface area contributed by atoms with E-state index in [2.05, 4.69) is 10.3 Å². The maximum absolute atomic E-state index is 12.1. The molecule has 0 saturated carbocycles. The highest BCUT2D eigenvalue weighted by atomic mass is 16.2. The molecular formula is C11H15N3O2. The zero-order chi connectivity index (χ0) is 11.5. The molecular weight excluding hydrogens is 206 g/mol. The summed E-state index contributed by atoms with van der Waals surface area (Å²) in [6.07, 6.45) is 3.33. The minimum atomic E-state index is -0.319. The molecule has 0 aliphatic carbocycles. The summed E-state index contributed by atoms with van der Waals surface area (Å²) in [7, 11) is 1.60. The molecule has 2 amide bonds. The van der Waals surface area contributed by atoms with Crippen LogP contribution in [-0.2, 0) is 4.79 Å². The van der Waals surface area contributed by atoms with Crippen LogP contribution in [0.3, 0.4) is 0 Å². The molecule has 0 aromatic carbocycles. The lowest BCUT2D eigenvalue weighted by Gasteiger charge is -2.22. The Bertz CT molecular complexity index is 386. The molecule has 2 rings (SSSR count). The van der Waals surface area contributed by atoms with Crippen molar-refractivity contribution in [1.29, 1.82) is 0 Å². The molecule has 0 spiro atoms. The first kappa shape index (κ1) is 10.7. The van der Waals surface area contributed by atoms with Crippen LogP contribution in [0.1, 0.15) is 23.3 Å². The number of rotatable bonds is 2. The zero-order valence-corrected chi connectivity index (χ0v) is 9.19. The molecule has 2 N–H and O–H groups in total. The molecule has 1 aromatic rings. The first-order chi connectivity index (χ1) is 7.74. The highest BCUT2D eigenvalue weighted by Gasteiger charge is 2.34. The van der Waals surface area contributed by atoms with Gasteiger partial charge >= 0.3 is 0 Å². The number of likely N-dealkylation sites (N-methyl/N-ethyl adjacent to an activating group) is 1. The van der Waals surface area contributed by atoms with E-state index >= 15 is 0 Å². The average molecular weight is 221 g/mol. The lowest BCUT2D eigenvalue weighted by molar-refractivity contribution is -0.124. The molecule has 1 unspecified atom stereocenters. The summed E-state index contributed by atoms with van der Waals surface area (Å²) >= 11 is 0. The number of nitrogens with zero attached hydrogens (tertiary/aromatic N) is 1. The monoisotopic (exact) mass is 221 g/mol. The Morgan fingerprint density at radius 1 is 1.56 bits per heavy atom. The van der Waals surface area contributed by atoms with Crippen LogP contribution in [0, 0.1) is 0 Å². The van der Waals surface area contributed by atoms with Crippen LogP contribution in [0.15, 0.2) is 18.3 Å². The molecule has 1 fully saturated rings. The molecule has 86 valence electrons. The van der Waals surface area contributed by atoms with Crippen LogP contribution in [0.5, 0.6) is 0 Å². The molecule has 0 radical (unpaired) electrons. The van der Waals surface area contributed by atoms with Gasteiger partial charge in [-0.25, -0.2) is 0 Å². The summed E-state index contributed by atoms with van der Waals surface area (Å²) in [4.78, 5) is 28.1. The van der Waals surface area contributed by atoms with Gasteiger partial charge in [-0.05, 0) is 25.0 Å². The number of amides is 2. The topological polar surface area (TPSA) is 65.2 Å². The molecule has 2 heterocycles. The van der Waals surface area contributed by atoms with Crippen LogP contribution < -0.4 is 5.32 Å². The minimum Gasteiger partial charge on any atom is -0.357 e. The van der Waals surface area contributed by atoms with Crippen molar-refractivity contribution in [2.75, 3.05) is 13.6 Å². The summed E-state index contributed by atoms with van der Waals surface area (Å²) in [5, 5.41) is 2.59. The van der Waals surface area contributed by atoms with E-state index < -0.39 is 0 Å². The number of H-pyrrole nitrogens is 1. The molecule has 1 saturated heterocycles. The van der Waals surface area contributed by atoms with Crippen molar-refractivity contribution in [2.24, 2.45) is 0 Å². The van der Waals surface area contributed by atoms with Crippen LogP contribution in [0.4, 0.5) is 0 Å². The SMILES string of the molecule is CNC(=O)C1CCCN1C(=O)c1ccc[nH]1. The van der Waals surface area contributed by atoms with E-state index in [-0.39, 0.29) is 17.9 Å². The van der Waals surface area contributed by atoms with Crippen molar-refractivity contribution in [3.63, 3.8) is 0 Å². The highest BCUT2D eigenvalue weighted by Crippen LogP contribution is 2.19. The van der Waals surface area contributed by atoms with Gasteiger partial charge in [-0.1, -0.05) is 0 Å². The van der Waals surface area contributed by atoms with Crippen LogP contribution in [-0.4, -0.2) is 41.3 Å². The number of carbonyl (C=O) groups excluding carboxylic acids is 2. The number of carbonyl (C=O) groups is 2. The quantitative estimate of drug-likeness (QED) is 0.757. The third-order valence-corrected chi connectivity index (χ3v) is 2.89. The number of aromatic nitrogens is 1. The maximum atomic E-state index is 12.1. The fraction of sp³-hybridized carbons (Fsp3) is 0.455. The van der Waals surface area contributed by atoms with Crippen molar-refractivity contribution in [1.82, 2.24) is 15.2 Å². The lowest BCUT2D eigenvalue weighted by Crippen LogP contribution is -2.45. The van der Waals surface area contributed by atoms with Gasteiger partial charge in [0, 0.05) is 19.8 Å². The van der Waals surface area contributed by atoms with E-state index in [4.69, 9.17) is 0 Å². The van der Waals surface area contributed by atoms with E-state index in [9.17, 15) is 9.59 Å². The van der Waals surface area contributed by atoms with Crippen molar-refractivity contribution in [3.05, 3.63) is 24.0 Å². The van der Waals surface area contributed by atoms with E-state index in [1.807, 2.05) is 0 Å². The van der Waals surface area contributed by atoms with Gasteiger partial charge in [-0.2, -0.15) is 0 Å². The Labute approximate surface area is 93.8 Å². The third-order valence-electron chi connectivity index (χ3n) is 2.89. The van der Waals surface area contributed by atoms with Gasteiger partial charge < -0.3 is 15.2 Å². The summed E-state index contributed by atoms with van der Waals surface area (Å²) in [5.74, 6) is -0.187. The Morgan fingerprint density at radius 3 is 3.00 bits per heavy atom. The number of nitrogens with one attached hydrogen (secondary N) is 2. The summed E-state index contributed by atoms with van der Waals surface area (Å²) in [6, 6.07) is 3.18. The fourth-order valence-corrected chi connectivity index (χ4v) is 2.07. The zero-order valence-electron chi connectivity index (χ0n) is 9.19. The molecule has 5 nitrogen and oxygen atoms in total. The van der Waals surface area contributed by atoms with Gasteiger partial charge in [0.15, 0.2) is 0 Å². The summed E-state index contributed by atoms with van der Waals surface area (Å²) in [5.41, 5.74) is 0.538. The molecule has 1 aromatic heterocycles. The Balaban J connectivity index is 2.14. The van der Waals surface area contributed by atoms with E-state index in [0.29, 0.717) is 12.2 Å². The second-order valence-corrected chi connectivity index (χ2v) is 3.85. The second-order valence-electron chi connectivity index (χ2n) is 3.85. The summed E-state index contributed by atoms with van der Waals surface area (Å²) in [6.45, 7) is 0.649. The van der Waals surface area contributed by atoms with Gasteiger partial charge in [-0.3, -0.25) is 9.59 Å².